The van der Waals surface area contributed by atoms with E-state index in [-0.39, 0.29) is 10.9 Å². The van der Waals surface area contributed by atoms with Crippen molar-refractivity contribution < 1.29 is 22.6 Å². The van der Waals surface area contributed by atoms with Gasteiger partial charge in [0.2, 0.25) is 10.0 Å². The predicted molar refractivity (Wildman–Crippen MR) is 93.6 cm³/mol. The second kappa shape index (κ2) is 7.49. The monoisotopic (exact) mass is 370 g/mol. The first-order valence-electron chi connectivity index (χ1n) is 8.47. The van der Waals surface area contributed by atoms with Gasteiger partial charge in [-0.3, -0.25) is 4.90 Å². The van der Waals surface area contributed by atoms with E-state index >= 15 is 0 Å². The molecule has 0 unspecified atom stereocenters. The fraction of sp³-hybridized carbons (Fsp3) is 0.647. The maximum Gasteiger partial charge on any atom is 0.246 e. The normalized spacial score (nSPS) is 25.9. The summed E-state index contributed by atoms with van der Waals surface area (Å²) in [7, 11) is 1.37. The third-order valence-electron chi connectivity index (χ3n) is 5.16. The van der Waals surface area contributed by atoms with Crippen molar-refractivity contribution >= 4 is 10.0 Å². The summed E-state index contributed by atoms with van der Waals surface area (Å²) >= 11 is 0. The molecule has 2 saturated heterocycles. The SMILES string of the molecule is COc1ccc(OC)c(S(=O)(=O)N2CC[C@@H]3COCCN(C)[C@@H]3C2)c1. The molecule has 140 valence electrons. The second-order valence-electron chi connectivity index (χ2n) is 6.55. The molecule has 7 nitrogen and oxygen atoms in total. The molecule has 0 amide bonds. The van der Waals surface area contributed by atoms with Crippen LogP contribution in [0.4, 0.5) is 0 Å². The van der Waals surface area contributed by atoms with Gasteiger partial charge in [0.15, 0.2) is 0 Å². The molecule has 2 atom stereocenters. The van der Waals surface area contributed by atoms with Crippen molar-refractivity contribution in [2.24, 2.45) is 5.92 Å². The van der Waals surface area contributed by atoms with E-state index in [1.54, 1.807) is 16.4 Å². The number of benzene rings is 1. The van der Waals surface area contributed by atoms with Crippen LogP contribution < -0.4 is 9.47 Å². The van der Waals surface area contributed by atoms with Crippen LogP contribution in [0.5, 0.6) is 11.5 Å². The minimum atomic E-state index is -3.66. The molecule has 0 saturated carbocycles. The van der Waals surface area contributed by atoms with Gasteiger partial charge >= 0.3 is 0 Å². The maximum absolute atomic E-state index is 13.2. The molecule has 0 radical (unpaired) electrons. The van der Waals surface area contributed by atoms with E-state index in [2.05, 4.69) is 4.90 Å². The molecule has 2 fully saturated rings. The van der Waals surface area contributed by atoms with Gasteiger partial charge in [-0.1, -0.05) is 0 Å². The Balaban J connectivity index is 1.90. The number of ether oxygens (including phenoxy) is 3. The molecule has 1 aromatic carbocycles. The third kappa shape index (κ3) is 3.62. The highest BCUT2D eigenvalue weighted by Gasteiger charge is 2.39. The van der Waals surface area contributed by atoms with E-state index in [9.17, 15) is 8.42 Å². The van der Waals surface area contributed by atoms with Crippen molar-refractivity contribution in [2.45, 2.75) is 17.4 Å². The first kappa shape index (κ1) is 18.4. The van der Waals surface area contributed by atoms with Gasteiger partial charge in [0.1, 0.15) is 16.4 Å². The molecule has 3 rings (SSSR count). The minimum absolute atomic E-state index is 0.153. The van der Waals surface area contributed by atoms with Gasteiger partial charge in [-0.25, -0.2) is 8.42 Å². The van der Waals surface area contributed by atoms with Crippen LogP contribution in [0.3, 0.4) is 0 Å². The van der Waals surface area contributed by atoms with E-state index in [1.807, 2.05) is 7.05 Å². The molecule has 0 N–H and O–H groups in total. The number of piperidine rings is 1. The van der Waals surface area contributed by atoms with Gasteiger partial charge in [0.05, 0.1) is 27.4 Å². The van der Waals surface area contributed by atoms with Crippen molar-refractivity contribution in [3.05, 3.63) is 18.2 Å². The number of likely N-dealkylation sites (N-methyl/N-ethyl adjacent to an activating group) is 1. The second-order valence-corrected chi connectivity index (χ2v) is 8.46. The van der Waals surface area contributed by atoms with Crippen LogP contribution in [0.1, 0.15) is 6.42 Å². The lowest BCUT2D eigenvalue weighted by atomic mass is 9.93. The molecule has 2 aliphatic heterocycles. The van der Waals surface area contributed by atoms with Crippen LogP contribution in [0.25, 0.3) is 0 Å². The maximum atomic E-state index is 13.2. The molecular weight excluding hydrogens is 344 g/mol. The number of rotatable bonds is 4. The third-order valence-corrected chi connectivity index (χ3v) is 7.05. The number of sulfonamides is 1. The van der Waals surface area contributed by atoms with E-state index in [4.69, 9.17) is 14.2 Å². The molecule has 0 aromatic heterocycles. The van der Waals surface area contributed by atoms with Crippen LogP contribution in [0.15, 0.2) is 23.1 Å². The summed E-state index contributed by atoms with van der Waals surface area (Å²) in [5.41, 5.74) is 0. The molecule has 2 aliphatic rings. The van der Waals surface area contributed by atoms with Crippen molar-refractivity contribution in [1.29, 1.82) is 0 Å². The van der Waals surface area contributed by atoms with E-state index in [1.165, 1.54) is 20.3 Å². The Morgan fingerprint density at radius 3 is 2.72 bits per heavy atom. The van der Waals surface area contributed by atoms with Crippen molar-refractivity contribution in [1.82, 2.24) is 9.21 Å². The Morgan fingerprint density at radius 2 is 2.00 bits per heavy atom. The highest BCUT2D eigenvalue weighted by molar-refractivity contribution is 7.89. The first-order chi connectivity index (χ1) is 12.0. The molecule has 1 aromatic rings. The minimum Gasteiger partial charge on any atom is -0.497 e. The van der Waals surface area contributed by atoms with Crippen molar-refractivity contribution in [3.8, 4) is 11.5 Å². The van der Waals surface area contributed by atoms with Crippen LogP contribution >= 0.6 is 0 Å². The summed E-state index contributed by atoms with van der Waals surface area (Å²) in [5, 5.41) is 0. The molecule has 2 heterocycles. The fourth-order valence-electron chi connectivity index (χ4n) is 3.60. The number of hydrogen-bond donors (Lipinski definition) is 0. The van der Waals surface area contributed by atoms with Gasteiger partial charge in [0, 0.05) is 37.7 Å². The Kier molecular flexibility index (Phi) is 5.52. The van der Waals surface area contributed by atoms with Gasteiger partial charge in [0.25, 0.3) is 0 Å². The Labute approximate surface area is 149 Å². The Hall–Kier alpha value is -1.35. The number of methoxy groups -OCH3 is 2. The molecule has 0 bridgehead atoms. The topological polar surface area (TPSA) is 68.3 Å². The number of hydrogen-bond acceptors (Lipinski definition) is 6. The Bertz CT molecular complexity index is 709. The quantitative estimate of drug-likeness (QED) is 0.789. The van der Waals surface area contributed by atoms with Crippen molar-refractivity contribution in [3.63, 3.8) is 0 Å². The predicted octanol–water partition coefficient (Wildman–Crippen LogP) is 1.05. The lowest BCUT2D eigenvalue weighted by molar-refractivity contribution is 0.0859. The average molecular weight is 370 g/mol. The van der Waals surface area contributed by atoms with E-state index in [0.29, 0.717) is 43.7 Å². The summed E-state index contributed by atoms with van der Waals surface area (Å²) in [4.78, 5) is 2.36. The van der Waals surface area contributed by atoms with Gasteiger partial charge in [-0.2, -0.15) is 4.31 Å². The summed E-state index contributed by atoms with van der Waals surface area (Å²) in [6, 6.07) is 5.02. The number of fused-ring (bicyclic) bond motifs is 1. The van der Waals surface area contributed by atoms with Crippen LogP contribution in [-0.4, -0.2) is 77.8 Å². The Morgan fingerprint density at radius 1 is 1.20 bits per heavy atom. The summed E-state index contributed by atoms with van der Waals surface area (Å²) in [6.07, 6.45) is 0.792. The lowest BCUT2D eigenvalue weighted by Gasteiger charge is -2.40. The molecule has 25 heavy (non-hydrogen) atoms. The molecular formula is C17H26N2O5S. The van der Waals surface area contributed by atoms with Crippen LogP contribution in [-0.2, 0) is 14.8 Å². The molecule has 0 aliphatic carbocycles. The standard InChI is InChI=1S/C17H26N2O5S/c1-18-8-9-24-12-13-6-7-19(11-15(13)18)25(20,21)17-10-14(22-2)4-5-16(17)23-3/h4-5,10,13,15H,6-9,11-12H2,1-3H3/t13-,15-/m1/s1. The number of nitrogens with zero attached hydrogens (tertiary/aromatic N) is 2. The van der Waals surface area contributed by atoms with Gasteiger partial charge in [-0.15, -0.1) is 0 Å². The van der Waals surface area contributed by atoms with Crippen LogP contribution in [0, 0.1) is 5.92 Å². The summed E-state index contributed by atoms with van der Waals surface area (Å²) < 4.78 is 44.2. The highest BCUT2D eigenvalue weighted by atomic mass is 32.2. The zero-order chi connectivity index (χ0) is 18.0. The molecule has 8 heteroatoms. The smallest absolute Gasteiger partial charge is 0.246 e. The average Bonchev–Trinajstić information content (AvgIpc) is 2.82. The van der Waals surface area contributed by atoms with Gasteiger partial charge in [-0.05, 0) is 25.6 Å². The first-order valence-corrected chi connectivity index (χ1v) is 9.91. The summed E-state index contributed by atoms with van der Waals surface area (Å²) in [6.45, 7) is 3.16. The largest absolute Gasteiger partial charge is 0.497 e. The highest BCUT2D eigenvalue weighted by Crippen LogP contribution is 2.33. The lowest BCUT2D eigenvalue weighted by Crippen LogP contribution is -2.53. The van der Waals surface area contributed by atoms with Crippen molar-refractivity contribution in [2.75, 3.05) is 54.1 Å². The zero-order valence-corrected chi connectivity index (χ0v) is 15.8. The van der Waals surface area contributed by atoms with E-state index in [0.717, 1.165) is 13.0 Å². The van der Waals surface area contributed by atoms with Gasteiger partial charge < -0.3 is 14.2 Å². The summed E-state index contributed by atoms with van der Waals surface area (Å²) in [5.74, 6) is 1.20. The van der Waals surface area contributed by atoms with E-state index < -0.39 is 10.0 Å². The van der Waals surface area contributed by atoms with Crippen LogP contribution in [0.2, 0.25) is 0 Å². The zero-order valence-electron chi connectivity index (χ0n) is 15.0. The fourth-order valence-corrected chi connectivity index (χ4v) is 5.24. The molecule has 0 spiro atoms.